The van der Waals surface area contributed by atoms with Crippen LogP contribution < -0.4 is 5.32 Å². The number of thiophene rings is 1. The smallest absolute Gasteiger partial charge is 0.294 e. The van der Waals surface area contributed by atoms with Crippen molar-refractivity contribution in [3.8, 4) is 0 Å². The van der Waals surface area contributed by atoms with Gasteiger partial charge in [-0.3, -0.25) is 14.5 Å². The van der Waals surface area contributed by atoms with Gasteiger partial charge >= 0.3 is 0 Å². The lowest BCUT2D eigenvalue weighted by Gasteiger charge is -2.13. The van der Waals surface area contributed by atoms with Gasteiger partial charge < -0.3 is 5.32 Å². The molecule has 3 rings (SSSR count). The van der Waals surface area contributed by atoms with Crippen molar-refractivity contribution in [1.82, 2.24) is 4.90 Å². The third kappa shape index (κ3) is 5.12. The summed E-state index contributed by atoms with van der Waals surface area (Å²) in [6.45, 7) is 5.55. The number of anilines is 1. The first kappa shape index (κ1) is 22.5. The van der Waals surface area contributed by atoms with Crippen LogP contribution in [0.25, 0.3) is 0 Å². The second kappa shape index (κ2) is 9.34. The Balaban J connectivity index is 1.79. The second-order valence-corrected chi connectivity index (χ2v) is 11.0. The van der Waals surface area contributed by atoms with E-state index in [1.165, 1.54) is 23.1 Å². The SMILES string of the molecule is C=CCN1C(=O)C(CC(=O)Nc2ccccc2C)S/C1=N/S(=O)(=O)c1ccc(Cl)s1. The van der Waals surface area contributed by atoms with E-state index >= 15 is 0 Å². The van der Waals surface area contributed by atoms with Crippen molar-refractivity contribution in [3.63, 3.8) is 0 Å². The molecule has 1 atom stereocenters. The molecule has 11 heteroatoms. The number of sulfonamides is 1. The molecule has 2 aromatic rings. The van der Waals surface area contributed by atoms with Gasteiger partial charge in [-0.15, -0.1) is 22.3 Å². The first-order chi connectivity index (χ1) is 14.2. The van der Waals surface area contributed by atoms with Crippen molar-refractivity contribution in [1.29, 1.82) is 0 Å². The summed E-state index contributed by atoms with van der Waals surface area (Å²) in [6, 6.07) is 10.1. The van der Waals surface area contributed by atoms with E-state index in [0.29, 0.717) is 10.0 Å². The Bertz CT molecular complexity index is 1130. The fraction of sp³-hybridized carbons (Fsp3) is 0.211. The predicted octanol–water partition coefficient (Wildman–Crippen LogP) is 3.91. The number of amidine groups is 1. The molecular weight excluding hydrogens is 466 g/mol. The number of benzene rings is 1. The number of nitrogens with zero attached hydrogens (tertiary/aromatic N) is 2. The Morgan fingerprint density at radius 2 is 2.07 bits per heavy atom. The summed E-state index contributed by atoms with van der Waals surface area (Å²) in [7, 11) is -4.03. The van der Waals surface area contributed by atoms with Gasteiger partial charge in [0.1, 0.15) is 9.46 Å². The van der Waals surface area contributed by atoms with Crippen LogP contribution in [0.15, 0.2) is 57.7 Å². The van der Waals surface area contributed by atoms with E-state index in [2.05, 4.69) is 16.3 Å². The summed E-state index contributed by atoms with van der Waals surface area (Å²) >= 11 is 7.65. The van der Waals surface area contributed by atoms with Gasteiger partial charge in [0.2, 0.25) is 11.8 Å². The minimum absolute atomic E-state index is 0.0121. The fourth-order valence-corrected chi connectivity index (χ4v) is 6.50. The lowest BCUT2D eigenvalue weighted by atomic mass is 10.2. The first-order valence-electron chi connectivity index (χ1n) is 8.76. The van der Waals surface area contributed by atoms with Crippen molar-refractivity contribution >= 4 is 67.4 Å². The van der Waals surface area contributed by atoms with Crippen molar-refractivity contribution in [2.45, 2.75) is 22.8 Å². The summed E-state index contributed by atoms with van der Waals surface area (Å²) in [6.07, 6.45) is 1.35. The number of halogens is 1. The van der Waals surface area contributed by atoms with Gasteiger partial charge in [-0.25, -0.2) is 0 Å². The Hall–Kier alpha value is -2.14. The van der Waals surface area contributed by atoms with E-state index in [4.69, 9.17) is 11.6 Å². The highest BCUT2D eigenvalue weighted by molar-refractivity contribution is 8.16. The summed E-state index contributed by atoms with van der Waals surface area (Å²) < 4.78 is 29.3. The molecule has 1 aliphatic heterocycles. The Kier molecular flexibility index (Phi) is 7.02. The summed E-state index contributed by atoms with van der Waals surface area (Å²) in [5, 5.41) is 2.01. The number of carbonyl (C=O) groups excluding carboxylic acids is 2. The molecule has 1 fully saturated rings. The van der Waals surface area contributed by atoms with Gasteiger partial charge in [-0.05, 0) is 30.7 Å². The van der Waals surface area contributed by atoms with E-state index < -0.39 is 21.2 Å². The highest BCUT2D eigenvalue weighted by atomic mass is 35.5. The van der Waals surface area contributed by atoms with E-state index in [-0.39, 0.29) is 28.2 Å². The topological polar surface area (TPSA) is 95.9 Å². The van der Waals surface area contributed by atoms with Crippen molar-refractivity contribution in [3.05, 3.63) is 59.0 Å². The van der Waals surface area contributed by atoms with Gasteiger partial charge in [0.25, 0.3) is 10.0 Å². The molecule has 7 nitrogen and oxygen atoms in total. The van der Waals surface area contributed by atoms with Crippen LogP contribution in [-0.4, -0.2) is 42.1 Å². The van der Waals surface area contributed by atoms with Gasteiger partial charge in [-0.1, -0.05) is 47.6 Å². The average Bonchev–Trinajstić information content (AvgIpc) is 3.23. The Labute approximate surface area is 187 Å². The monoisotopic (exact) mass is 483 g/mol. The fourth-order valence-electron chi connectivity index (χ4n) is 2.67. The van der Waals surface area contributed by atoms with Crippen LogP contribution in [0.2, 0.25) is 4.34 Å². The van der Waals surface area contributed by atoms with Crippen molar-refractivity contribution in [2.24, 2.45) is 4.40 Å². The van der Waals surface area contributed by atoms with Crippen molar-refractivity contribution < 1.29 is 18.0 Å². The molecule has 2 amide bonds. The largest absolute Gasteiger partial charge is 0.326 e. The van der Waals surface area contributed by atoms with Crippen LogP contribution in [0.3, 0.4) is 0 Å². The van der Waals surface area contributed by atoms with E-state index in [1.807, 2.05) is 19.1 Å². The second-order valence-electron chi connectivity index (χ2n) is 6.32. The normalized spacial score (nSPS) is 18.1. The van der Waals surface area contributed by atoms with E-state index in [1.54, 1.807) is 12.1 Å². The van der Waals surface area contributed by atoms with Crippen LogP contribution >= 0.6 is 34.7 Å². The highest BCUT2D eigenvalue weighted by Crippen LogP contribution is 2.33. The number of hydrogen-bond donors (Lipinski definition) is 1. The molecule has 0 saturated carbocycles. The number of aryl methyl sites for hydroxylation is 1. The number of para-hydroxylation sites is 1. The highest BCUT2D eigenvalue weighted by Gasteiger charge is 2.39. The summed E-state index contributed by atoms with van der Waals surface area (Å²) in [4.78, 5) is 26.4. The maximum absolute atomic E-state index is 12.8. The Morgan fingerprint density at radius 1 is 1.33 bits per heavy atom. The number of nitrogens with one attached hydrogen (secondary N) is 1. The molecule has 0 radical (unpaired) electrons. The minimum atomic E-state index is -4.03. The Morgan fingerprint density at radius 3 is 2.70 bits per heavy atom. The minimum Gasteiger partial charge on any atom is -0.326 e. The molecule has 1 N–H and O–H groups in total. The van der Waals surface area contributed by atoms with E-state index in [0.717, 1.165) is 28.7 Å². The number of carbonyl (C=O) groups is 2. The lowest BCUT2D eigenvalue weighted by molar-refractivity contribution is -0.127. The summed E-state index contributed by atoms with van der Waals surface area (Å²) in [5.74, 6) is -0.735. The molecule has 0 spiro atoms. The standard InChI is InChI=1S/C19H18ClN3O4S3/c1-3-10-23-18(25)14(11-16(24)21-13-7-5-4-6-12(13)2)28-19(23)22-30(26,27)17-9-8-15(20)29-17/h3-9,14H,1,10-11H2,2H3,(H,21,24)/b22-19+. The summed E-state index contributed by atoms with van der Waals surface area (Å²) in [5.41, 5.74) is 1.56. The molecule has 1 aromatic carbocycles. The molecule has 1 unspecified atom stereocenters. The quantitative estimate of drug-likeness (QED) is 0.602. The van der Waals surface area contributed by atoms with Crippen LogP contribution in [0.1, 0.15) is 12.0 Å². The van der Waals surface area contributed by atoms with Gasteiger partial charge in [0, 0.05) is 18.7 Å². The first-order valence-corrected chi connectivity index (χ1v) is 12.3. The zero-order valence-electron chi connectivity index (χ0n) is 15.9. The lowest BCUT2D eigenvalue weighted by Crippen LogP contribution is -2.33. The third-order valence-electron chi connectivity index (χ3n) is 4.12. The molecule has 1 saturated heterocycles. The number of amides is 2. The van der Waals surface area contributed by atoms with Gasteiger partial charge in [0.15, 0.2) is 5.17 Å². The number of thioether (sulfide) groups is 1. The molecule has 1 aliphatic rings. The maximum atomic E-state index is 12.8. The predicted molar refractivity (Wildman–Crippen MR) is 122 cm³/mol. The molecule has 0 aliphatic carbocycles. The molecule has 1 aromatic heterocycles. The zero-order chi connectivity index (χ0) is 21.9. The molecule has 2 heterocycles. The van der Waals surface area contributed by atoms with E-state index in [9.17, 15) is 18.0 Å². The van der Waals surface area contributed by atoms with Gasteiger partial charge in [0.05, 0.1) is 4.34 Å². The molecular formula is C19H18ClN3O4S3. The zero-order valence-corrected chi connectivity index (χ0v) is 19.1. The molecule has 30 heavy (non-hydrogen) atoms. The number of hydrogen-bond acceptors (Lipinski definition) is 6. The molecule has 0 bridgehead atoms. The van der Waals surface area contributed by atoms with Crippen LogP contribution in [0.5, 0.6) is 0 Å². The average molecular weight is 484 g/mol. The third-order valence-corrected chi connectivity index (χ3v) is 8.38. The van der Waals surface area contributed by atoms with Gasteiger partial charge in [-0.2, -0.15) is 8.42 Å². The molecule has 158 valence electrons. The number of rotatable bonds is 7. The maximum Gasteiger partial charge on any atom is 0.294 e. The van der Waals surface area contributed by atoms with Crippen LogP contribution in [-0.2, 0) is 19.6 Å². The van der Waals surface area contributed by atoms with Crippen molar-refractivity contribution in [2.75, 3.05) is 11.9 Å². The van der Waals surface area contributed by atoms with Crippen LogP contribution in [0.4, 0.5) is 5.69 Å². The van der Waals surface area contributed by atoms with Crippen LogP contribution in [0, 0.1) is 6.92 Å².